The first-order valence-corrected chi connectivity index (χ1v) is 8.77. The van der Waals surface area contributed by atoms with Gasteiger partial charge >= 0.3 is 0 Å². The van der Waals surface area contributed by atoms with Gasteiger partial charge in [0, 0.05) is 37.7 Å². The van der Waals surface area contributed by atoms with Crippen LogP contribution in [0.4, 0.5) is 0 Å². The number of hydrogen-bond donors (Lipinski definition) is 1. The van der Waals surface area contributed by atoms with Gasteiger partial charge in [-0.15, -0.1) is 0 Å². The number of para-hydroxylation sites is 2. The predicted octanol–water partition coefficient (Wildman–Crippen LogP) is 3.53. The number of imidazole rings is 1. The van der Waals surface area contributed by atoms with Crippen molar-refractivity contribution in [1.29, 1.82) is 0 Å². The van der Waals surface area contributed by atoms with Crippen LogP contribution in [-0.2, 0) is 13.1 Å². The van der Waals surface area contributed by atoms with Crippen LogP contribution in [0.1, 0.15) is 11.4 Å². The van der Waals surface area contributed by atoms with Gasteiger partial charge in [-0.3, -0.25) is 9.80 Å². The lowest BCUT2D eigenvalue weighted by atomic mass is 10.2. The van der Waals surface area contributed by atoms with Crippen molar-refractivity contribution >= 4 is 22.6 Å². The largest absolute Gasteiger partial charge is 0.341 e. The smallest absolute Gasteiger partial charge is 0.121 e. The van der Waals surface area contributed by atoms with Crippen molar-refractivity contribution in [1.82, 2.24) is 19.8 Å². The number of hydrogen-bond acceptors (Lipinski definition) is 3. The number of aromatic nitrogens is 2. The summed E-state index contributed by atoms with van der Waals surface area (Å²) in [7, 11) is 0. The van der Waals surface area contributed by atoms with Crippen LogP contribution in [-0.4, -0.2) is 45.9 Å². The second kappa shape index (κ2) is 6.93. The van der Waals surface area contributed by atoms with E-state index in [9.17, 15) is 0 Å². The number of piperazine rings is 1. The first-order valence-electron chi connectivity index (χ1n) is 8.40. The molecule has 1 aliphatic rings. The second-order valence-electron chi connectivity index (χ2n) is 6.34. The van der Waals surface area contributed by atoms with E-state index >= 15 is 0 Å². The molecule has 2 aromatic carbocycles. The maximum Gasteiger partial charge on any atom is 0.121 e. The summed E-state index contributed by atoms with van der Waals surface area (Å²) < 4.78 is 0. The first kappa shape index (κ1) is 15.6. The second-order valence-corrected chi connectivity index (χ2v) is 6.75. The Morgan fingerprint density at radius 1 is 0.875 bits per heavy atom. The minimum absolute atomic E-state index is 0.863. The molecule has 0 spiro atoms. The van der Waals surface area contributed by atoms with E-state index in [-0.39, 0.29) is 0 Å². The minimum atomic E-state index is 0.863. The van der Waals surface area contributed by atoms with E-state index in [1.165, 1.54) is 5.56 Å². The highest BCUT2D eigenvalue weighted by Crippen LogP contribution is 2.18. The summed E-state index contributed by atoms with van der Waals surface area (Å²) in [5, 5.41) is 0.863. The van der Waals surface area contributed by atoms with Crippen molar-refractivity contribution in [2.75, 3.05) is 26.2 Å². The predicted molar refractivity (Wildman–Crippen MR) is 98.1 cm³/mol. The molecular formula is C19H21ClN4. The standard InChI is InChI=1S/C19H21ClN4/c20-16-6-2-1-5-15(16)13-23-9-11-24(12-10-23)14-19-21-17-7-3-4-8-18(17)22-19/h1-8H,9-14H2,(H,21,22). The highest BCUT2D eigenvalue weighted by molar-refractivity contribution is 6.31. The molecule has 0 saturated carbocycles. The molecule has 1 aromatic heterocycles. The number of H-pyrrole nitrogens is 1. The molecule has 0 radical (unpaired) electrons. The van der Waals surface area contributed by atoms with Crippen LogP contribution in [0.2, 0.25) is 5.02 Å². The molecular weight excluding hydrogens is 320 g/mol. The lowest BCUT2D eigenvalue weighted by molar-refractivity contribution is 0.120. The van der Waals surface area contributed by atoms with E-state index < -0.39 is 0 Å². The zero-order chi connectivity index (χ0) is 16.4. The quantitative estimate of drug-likeness (QED) is 0.789. The van der Waals surface area contributed by atoms with Crippen molar-refractivity contribution in [3.8, 4) is 0 Å². The highest BCUT2D eigenvalue weighted by Gasteiger charge is 2.18. The van der Waals surface area contributed by atoms with Gasteiger partial charge in [0.25, 0.3) is 0 Å². The maximum absolute atomic E-state index is 6.27. The molecule has 5 heteroatoms. The number of aromatic amines is 1. The van der Waals surface area contributed by atoms with Gasteiger partial charge in [-0.25, -0.2) is 4.98 Å². The summed E-state index contributed by atoms with van der Waals surface area (Å²) in [6, 6.07) is 16.3. The molecule has 124 valence electrons. The molecule has 1 fully saturated rings. The maximum atomic E-state index is 6.27. The van der Waals surface area contributed by atoms with Gasteiger partial charge in [-0.2, -0.15) is 0 Å². The normalized spacial score (nSPS) is 16.7. The van der Waals surface area contributed by atoms with Crippen LogP contribution < -0.4 is 0 Å². The average Bonchev–Trinajstić information content (AvgIpc) is 3.01. The fraction of sp³-hybridized carbons (Fsp3) is 0.316. The fourth-order valence-corrected chi connectivity index (χ4v) is 3.46. The Kier molecular flexibility index (Phi) is 4.52. The molecule has 24 heavy (non-hydrogen) atoms. The van der Waals surface area contributed by atoms with Crippen LogP contribution in [0, 0.1) is 0 Å². The van der Waals surface area contributed by atoms with Gasteiger partial charge in [-0.1, -0.05) is 41.9 Å². The van der Waals surface area contributed by atoms with Crippen LogP contribution in [0.25, 0.3) is 11.0 Å². The zero-order valence-corrected chi connectivity index (χ0v) is 14.3. The Hall–Kier alpha value is -1.88. The Balaban J connectivity index is 1.33. The Morgan fingerprint density at radius 2 is 1.54 bits per heavy atom. The van der Waals surface area contributed by atoms with Crippen molar-refractivity contribution in [3.63, 3.8) is 0 Å². The molecule has 4 nitrogen and oxygen atoms in total. The van der Waals surface area contributed by atoms with Crippen molar-refractivity contribution in [2.24, 2.45) is 0 Å². The topological polar surface area (TPSA) is 35.2 Å². The van der Waals surface area contributed by atoms with Crippen LogP contribution in [0.5, 0.6) is 0 Å². The van der Waals surface area contributed by atoms with Crippen molar-refractivity contribution in [3.05, 3.63) is 64.9 Å². The van der Waals surface area contributed by atoms with E-state index in [0.29, 0.717) is 0 Å². The molecule has 4 rings (SSSR count). The number of benzene rings is 2. The van der Waals surface area contributed by atoms with Gasteiger partial charge in [-0.05, 0) is 23.8 Å². The van der Waals surface area contributed by atoms with Gasteiger partial charge in [0.1, 0.15) is 5.82 Å². The third-order valence-electron chi connectivity index (χ3n) is 4.63. The van der Waals surface area contributed by atoms with Gasteiger partial charge in [0.15, 0.2) is 0 Å². The van der Waals surface area contributed by atoms with E-state index in [2.05, 4.69) is 44.0 Å². The molecule has 0 unspecified atom stereocenters. The molecule has 0 bridgehead atoms. The van der Waals surface area contributed by atoms with Crippen molar-refractivity contribution in [2.45, 2.75) is 13.1 Å². The number of fused-ring (bicyclic) bond motifs is 1. The lowest BCUT2D eigenvalue weighted by Crippen LogP contribution is -2.45. The molecule has 0 aliphatic carbocycles. The van der Waals surface area contributed by atoms with Gasteiger partial charge in [0.2, 0.25) is 0 Å². The number of nitrogens with one attached hydrogen (secondary N) is 1. The number of rotatable bonds is 4. The summed E-state index contributed by atoms with van der Waals surface area (Å²) in [6.07, 6.45) is 0. The SMILES string of the molecule is Clc1ccccc1CN1CCN(Cc2nc3ccccc3[nH]2)CC1. The summed E-state index contributed by atoms with van der Waals surface area (Å²) in [6.45, 7) is 6.05. The van der Waals surface area contributed by atoms with E-state index in [1.807, 2.05) is 24.3 Å². The van der Waals surface area contributed by atoms with Crippen LogP contribution >= 0.6 is 11.6 Å². The molecule has 3 aromatic rings. The average molecular weight is 341 g/mol. The molecule has 1 N–H and O–H groups in total. The Morgan fingerprint density at radius 3 is 2.29 bits per heavy atom. The molecule has 0 amide bonds. The summed E-state index contributed by atoms with van der Waals surface area (Å²) in [5.41, 5.74) is 3.37. The van der Waals surface area contributed by atoms with E-state index in [4.69, 9.17) is 11.6 Å². The lowest BCUT2D eigenvalue weighted by Gasteiger charge is -2.34. The molecule has 0 atom stereocenters. The number of nitrogens with zero attached hydrogens (tertiary/aromatic N) is 3. The number of halogens is 1. The van der Waals surface area contributed by atoms with Gasteiger partial charge < -0.3 is 4.98 Å². The van der Waals surface area contributed by atoms with E-state index in [0.717, 1.165) is 61.1 Å². The monoisotopic (exact) mass is 340 g/mol. The van der Waals surface area contributed by atoms with Gasteiger partial charge in [0.05, 0.1) is 17.6 Å². The van der Waals surface area contributed by atoms with Crippen LogP contribution in [0.15, 0.2) is 48.5 Å². The summed E-state index contributed by atoms with van der Waals surface area (Å²) in [5.74, 6) is 1.05. The Labute approximate surface area is 147 Å². The third kappa shape index (κ3) is 3.46. The molecule has 1 aliphatic heterocycles. The highest BCUT2D eigenvalue weighted by atomic mass is 35.5. The van der Waals surface area contributed by atoms with E-state index in [1.54, 1.807) is 0 Å². The molecule has 1 saturated heterocycles. The molecule has 2 heterocycles. The Bertz CT molecular complexity index is 788. The minimum Gasteiger partial charge on any atom is -0.341 e. The summed E-state index contributed by atoms with van der Waals surface area (Å²) in [4.78, 5) is 13.0. The first-order chi connectivity index (χ1) is 11.8. The van der Waals surface area contributed by atoms with Crippen LogP contribution in [0.3, 0.4) is 0 Å². The fourth-order valence-electron chi connectivity index (χ4n) is 3.27. The third-order valence-corrected chi connectivity index (χ3v) is 5.00. The zero-order valence-electron chi connectivity index (χ0n) is 13.6. The van der Waals surface area contributed by atoms with Crippen molar-refractivity contribution < 1.29 is 0 Å². The summed E-state index contributed by atoms with van der Waals surface area (Å²) >= 11 is 6.27.